The number of nitrogens with one attached hydrogen (secondary N) is 1. The second-order valence-electron chi connectivity index (χ2n) is 7.45. The molecule has 0 heterocycles. The van der Waals surface area contributed by atoms with Crippen LogP contribution in [0.4, 0.5) is 0 Å². The predicted octanol–water partition coefficient (Wildman–Crippen LogP) is 4.01. The molecule has 0 aromatic heterocycles. The van der Waals surface area contributed by atoms with Gasteiger partial charge in [-0.1, -0.05) is 23.7 Å². The Morgan fingerprint density at radius 3 is 2.18 bits per heavy atom. The molecule has 1 N–H and O–H groups in total. The molecule has 0 saturated heterocycles. The van der Waals surface area contributed by atoms with Gasteiger partial charge in [-0.25, -0.2) is 5.43 Å². The highest BCUT2D eigenvalue weighted by atomic mass is 35.5. The maximum absolute atomic E-state index is 12.7. The van der Waals surface area contributed by atoms with Crippen LogP contribution in [0.1, 0.15) is 44.1 Å². The summed E-state index contributed by atoms with van der Waals surface area (Å²) in [6, 6.07) is 7.43. The van der Waals surface area contributed by atoms with Gasteiger partial charge < -0.3 is 0 Å². The second kappa shape index (κ2) is 5.38. The summed E-state index contributed by atoms with van der Waals surface area (Å²) in [5.74, 6) is 2.46. The molecule has 0 radical (unpaired) electrons. The minimum atomic E-state index is -0.133. The van der Waals surface area contributed by atoms with E-state index in [1.807, 2.05) is 24.3 Å². The third-order valence-corrected chi connectivity index (χ3v) is 6.02. The minimum Gasteiger partial charge on any atom is -0.273 e. The third-order valence-electron chi connectivity index (χ3n) is 5.77. The molecule has 4 aliphatic rings. The van der Waals surface area contributed by atoms with Crippen LogP contribution in [0.15, 0.2) is 29.4 Å². The molecule has 22 heavy (non-hydrogen) atoms. The lowest BCUT2D eigenvalue weighted by molar-refractivity contribution is -0.146. The zero-order valence-electron chi connectivity index (χ0n) is 12.6. The third kappa shape index (κ3) is 2.56. The highest BCUT2D eigenvalue weighted by Gasteiger charge is 2.54. The van der Waals surface area contributed by atoms with Gasteiger partial charge in [0.1, 0.15) is 0 Å². The van der Waals surface area contributed by atoms with E-state index in [9.17, 15) is 4.79 Å². The molecule has 0 unspecified atom stereocenters. The molecule has 4 saturated carbocycles. The maximum Gasteiger partial charge on any atom is 0.246 e. The molecule has 4 aliphatic carbocycles. The number of hydrazone groups is 1. The summed E-state index contributed by atoms with van der Waals surface area (Å²) in [6.07, 6.45) is 8.94. The van der Waals surface area contributed by atoms with Crippen molar-refractivity contribution in [2.45, 2.75) is 38.5 Å². The van der Waals surface area contributed by atoms with Crippen molar-refractivity contribution < 1.29 is 4.79 Å². The monoisotopic (exact) mass is 316 g/mol. The fourth-order valence-corrected chi connectivity index (χ4v) is 5.35. The fourth-order valence-electron chi connectivity index (χ4n) is 5.22. The number of amides is 1. The van der Waals surface area contributed by atoms with E-state index in [2.05, 4.69) is 10.5 Å². The van der Waals surface area contributed by atoms with Crippen LogP contribution in [0.5, 0.6) is 0 Å². The second-order valence-corrected chi connectivity index (χ2v) is 7.88. The Labute approximate surface area is 136 Å². The van der Waals surface area contributed by atoms with E-state index in [1.165, 1.54) is 19.3 Å². The number of rotatable bonds is 3. The van der Waals surface area contributed by atoms with Crippen molar-refractivity contribution in [3.05, 3.63) is 34.9 Å². The summed E-state index contributed by atoms with van der Waals surface area (Å²) in [7, 11) is 0. The molecule has 5 rings (SSSR count). The van der Waals surface area contributed by atoms with Gasteiger partial charge in [-0.2, -0.15) is 5.10 Å². The highest BCUT2D eigenvalue weighted by Crippen LogP contribution is 2.60. The largest absolute Gasteiger partial charge is 0.273 e. The van der Waals surface area contributed by atoms with E-state index in [-0.39, 0.29) is 11.3 Å². The molecule has 0 aliphatic heterocycles. The van der Waals surface area contributed by atoms with Crippen molar-refractivity contribution in [2.24, 2.45) is 28.3 Å². The average molecular weight is 317 g/mol. The molecule has 1 aromatic rings. The zero-order chi connectivity index (χ0) is 15.2. The van der Waals surface area contributed by atoms with Gasteiger partial charge in [0.05, 0.1) is 11.6 Å². The van der Waals surface area contributed by atoms with Crippen molar-refractivity contribution in [1.29, 1.82) is 0 Å². The standard InChI is InChI=1S/C18H21ClN2O/c19-16-3-1-12(2-4-16)11-20-21-17(22)18-8-13-5-14(9-18)7-15(6-13)10-18/h1-4,11,13-15H,5-10H2,(H,21,22)/b20-11+. The molecule has 0 spiro atoms. The SMILES string of the molecule is O=C(N/N=C/c1ccc(Cl)cc1)C12CC3CC(CC(C3)C1)C2. The van der Waals surface area contributed by atoms with Gasteiger partial charge >= 0.3 is 0 Å². The van der Waals surface area contributed by atoms with Gasteiger partial charge in [0.2, 0.25) is 5.91 Å². The van der Waals surface area contributed by atoms with Crippen molar-refractivity contribution in [2.75, 3.05) is 0 Å². The molecule has 3 nitrogen and oxygen atoms in total. The summed E-state index contributed by atoms with van der Waals surface area (Å²) in [5.41, 5.74) is 3.61. The first-order valence-corrected chi connectivity index (χ1v) is 8.60. The van der Waals surface area contributed by atoms with E-state index in [0.29, 0.717) is 5.02 Å². The van der Waals surface area contributed by atoms with Gasteiger partial charge in [0.15, 0.2) is 0 Å². The van der Waals surface area contributed by atoms with Crippen molar-refractivity contribution >= 4 is 23.7 Å². The average Bonchev–Trinajstić information content (AvgIpc) is 2.48. The fraction of sp³-hybridized carbons (Fsp3) is 0.556. The van der Waals surface area contributed by atoms with E-state index < -0.39 is 0 Å². The van der Waals surface area contributed by atoms with Crippen molar-refractivity contribution in [1.82, 2.24) is 5.43 Å². The first-order valence-electron chi connectivity index (χ1n) is 8.22. The van der Waals surface area contributed by atoms with Crippen LogP contribution in [0.2, 0.25) is 5.02 Å². The number of hydrogen-bond donors (Lipinski definition) is 1. The van der Waals surface area contributed by atoms with Gasteiger partial charge in [-0.3, -0.25) is 4.79 Å². The Bertz CT molecular complexity index is 573. The van der Waals surface area contributed by atoms with Crippen LogP contribution >= 0.6 is 11.6 Å². The first-order chi connectivity index (χ1) is 10.6. The van der Waals surface area contributed by atoms with E-state index in [4.69, 9.17) is 11.6 Å². The lowest BCUT2D eigenvalue weighted by Crippen LogP contribution is -2.52. The Morgan fingerprint density at radius 2 is 1.64 bits per heavy atom. The minimum absolute atomic E-state index is 0.133. The van der Waals surface area contributed by atoms with Crippen molar-refractivity contribution in [3.63, 3.8) is 0 Å². The van der Waals surface area contributed by atoms with Crippen LogP contribution < -0.4 is 5.43 Å². The van der Waals surface area contributed by atoms with Crippen LogP contribution in [0, 0.1) is 23.2 Å². The normalized spacial score (nSPS) is 36.0. The number of carbonyl (C=O) groups excluding carboxylic acids is 1. The van der Waals surface area contributed by atoms with Crippen LogP contribution in [0.3, 0.4) is 0 Å². The Morgan fingerprint density at radius 1 is 1.09 bits per heavy atom. The number of halogens is 1. The molecular weight excluding hydrogens is 296 g/mol. The zero-order valence-corrected chi connectivity index (χ0v) is 13.4. The summed E-state index contributed by atoms with van der Waals surface area (Å²) >= 11 is 5.86. The van der Waals surface area contributed by atoms with Gasteiger partial charge in [-0.15, -0.1) is 0 Å². The van der Waals surface area contributed by atoms with Crippen LogP contribution in [-0.4, -0.2) is 12.1 Å². The number of nitrogens with zero attached hydrogens (tertiary/aromatic N) is 1. The predicted molar refractivity (Wildman–Crippen MR) is 87.8 cm³/mol. The maximum atomic E-state index is 12.7. The molecule has 4 heteroatoms. The molecule has 1 aromatic carbocycles. The highest BCUT2D eigenvalue weighted by molar-refractivity contribution is 6.30. The molecule has 116 valence electrons. The lowest BCUT2D eigenvalue weighted by atomic mass is 9.49. The Hall–Kier alpha value is -1.35. The number of carbonyl (C=O) groups is 1. The van der Waals surface area contributed by atoms with Gasteiger partial charge in [0.25, 0.3) is 0 Å². The summed E-state index contributed by atoms with van der Waals surface area (Å²) in [4.78, 5) is 12.7. The van der Waals surface area contributed by atoms with E-state index >= 15 is 0 Å². The molecule has 1 amide bonds. The van der Waals surface area contributed by atoms with Crippen LogP contribution in [0.25, 0.3) is 0 Å². The van der Waals surface area contributed by atoms with Gasteiger partial charge in [0, 0.05) is 5.02 Å². The van der Waals surface area contributed by atoms with Gasteiger partial charge in [-0.05, 0) is 74.0 Å². The van der Waals surface area contributed by atoms with Crippen LogP contribution in [-0.2, 0) is 4.79 Å². The smallest absolute Gasteiger partial charge is 0.246 e. The molecule has 0 atom stereocenters. The van der Waals surface area contributed by atoms with E-state index in [0.717, 1.165) is 42.6 Å². The topological polar surface area (TPSA) is 41.5 Å². The number of benzene rings is 1. The number of hydrogen-bond acceptors (Lipinski definition) is 2. The Kier molecular flexibility index (Phi) is 3.48. The first kappa shape index (κ1) is 14.3. The Balaban J connectivity index is 1.43. The summed E-state index contributed by atoms with van der Waals surface area (Å²) in [5, 5.41) is 4.86. The van der Waals surface area contributed by atoms with Crippen molar-refractivity contribution in [3.8, 4) is 0 Å². The summed E-state index contributed by atoms with van der Waals surface area (Å²) < 4.78 is 0. The quantitative estimate of drug-likeness (QED) is 0.664. The summed E-state index contributed by atoms with van der Waals surface area (Å²) in [6.45, 7) is 0. The lowest BCUT2D eigenvalue weighted by Gasteiger charge is -2.55. The molecular formula is C18H21ClN2O. The molecule has 4 fully saturated rings. The van der Waals surface area contributed by atoms with E-state index in [1.54, 1.807) is 6.21 Å². The molecule has 4 bridgehead atoms.